The standard InChI is InChI=1S/C19H19F2NO3S/c20-17-2-3-18(21)16(10-17)12-26(23,24)22-7-5-15(11-22)13-1-4-19-14(9-13)6-8-25-19/h1-4,9-10,15H,5-8,11-12H2/t15-/m1/s1. The first-order valence-corrected chi connectivity index (χ1v) is 10.2. The van der Waals surface area contributed by atoms with Crippen LogP contribution in [0.3, 0.4) is 0 Å². The molecule has 1 fully saturated rings. The second kappa shape index (κ2) is 6.63. The number of halogens is 2. The lowest BCUT2D eigenvalue weighted by Gasteiger charge is -2.17. The van der Waals surface area contributed by atoms with Crippen LogP contribution in [0.1, 0.15) is 29.0 Å². The average molecular weight is 379 g/mol. The Morgan fingerprint density at radius 1 is 1.15 bits per heavy atom. The van der Waals surface area contributed by atoms with E-state index in [-0.39, 0.29) is 11.5 Å². The van der Waals surface area contributed by atoms with Gasteiger partial charge in [0.05, 0.1) is 12.4 Å². The molecule has 2 aliphatic heterocycles. The highest BCUT2D eigenvalue weighted by atomic mass is 32.2. The van der Waals surface area contributed by atoms with Gasteiger partial charge >= 0.3 is 0 Å². The van der Waals surface area contributed by atoms with Gasteiger partial charge in [0.1, 0.15) is 17.4 Å². The van der Waals surface area contributed by atoms with Crippen LogP contribution in [0.4, 0.5) is 8.78 Å². The first-order chi connectivity index (χ1) is 12.4. The van der Waals surface area contributed by atoms with Crippen LogP contribution in [0.5, 0.6) is 5.75 Å². The molecule has 0 N–H and O–H groups in total. The summed E-state index contributed by atoms with van der Waals surface area (Å²) in [4.78, 5) is 0. The minimum atomic E-state index is -3.70. The van der Waals surface area contributed by atoms with Gasteiger partial charge in [-0.05, 0) is 47.7 Å². The van der Waals surface area contributed by atoms with Crippen molar-refractivity contribution < 1.29 is 21.9 Å². The smallest absolute Gasteiger partial charge is 0.218 e. The minimum absolute atomic E-state index is 0.105. The fraction of sp³-hybridized carbons (Fsp3) is 0.368. The van der Waals surface area contributed by atoms with E-state index in [0.29, 0.717) is 26.1 Å². The summed E-state index contributed by atoms with van der Waals surface area (Å²) in [5.74, 6) is -0.868. The van der Waals surface area contributed by atoms with E-state index in [0.717, 1.165) is 41.5 Å². The highest BCUT2D eigenvalue weighted by Gasteiger charge is 2.33. The van der Waals surface area contributed by atoms with Crippen LogP contribution in [0.15, 0.2) is 36.4 Å². The molecule has 0 aromatic heterocycles. The molecule has 4 nitrogen and oxygen atoms in total. The maximum absolute atomic E-state index is 13.8. The van der Waals surface area contributed by atoms with E-state index in [4.69, 9.17) is 4.74 Å². The van der Waals surface area contributed by atoms with E-state index in [2.05, 4.69) is 6.07 Å². The Hall–Kier alpha value is -1.99. The van der Waals surface area contributed by atoms with Gasteiger partial charge in [-0.15, -0.1) is 0 Å². The number of hydrogen-bond donors (Lipinski definition) is 0. The third-order valence-electron chi connectivity index (χ3n) is 5.07. The molecule has 4 rings (SSSR count). The molecule has 0 unspecified atom stereocenters. The van der Waals surface area contributed by atoms with E-state index in [1.54, 1.807) is 0 Å². The number of hydrogen-bond acceptors (Lipinski definition) is 3. The van der Waals surface area contributed by atoms with Crippen molar-refractivity contribution in [1.82, 2.24) is 4.31 Å². The first kappa shape index (κ1) is 17.4. The van der Waals surface area contributed by atoms with Crippen molar-refractivity contribution in [3.05, 3.63) is 64.7 Å². The molecule has 0 radical (unpaired) electrons. The molecular formula is C19H19F2NO3S. The van der Waals surface area contributed by atoms with Gasteiger partial charge in [-0.25, -0.2) is 21.5 Å². The predicted molar refractivity (Wildman–Crippen MR) is 93.6 cm³/mol. The molecule has 7 heteroatoms. The van der Waals surface area contributed by atoms with Crippen molar-refractivity contribution in [2.45, 2.75) is 24.5 Å². The fourth-order valence-corrected chi connectivity index (χ4v) is 5.24. The lowest BCUT2D eigenvalue weighted by molar-refractivity contribution is 0.357. The highest BCUT2D eigenvalue weighted by Crippen LogP contribution is 2.34. The third kappa shape index (κ3) is 3.33. The molecule has 2 aromatic rings. The van der Waals surface area contributed by atoms with Crippen molar-refractivity contribution in [3.63, 3.8) is 0 Å². The average Bonchev–Trinajstić information content (AvgIpc) is 3.26. The Balaban J connectivity index is 1.50. The Kier molecular flexibility index (Phi) is 4.44. The van der Waals surface area contributed by atoms with Crippen LogP contribution in [0.2, 0.25) is 0 Å². The quantitative estimate of drug-likeness (QED) is 0.820. The summed E-state index contributed by atoms with van der Waals surface area (Å²) in [6, 6.07) is 8.90. The lowest BCUT2D eigenvalue weighted by atomic mass is 9.96. The highest BCUT2D eigenvalue weighted by molar-refractivity contribution is 7.88. The Morgan fingerprint density at radius 3 is 2.85 bits per heavy atom. The molecule has 26 heavy (non-hydrogen) atoms. The fourth-order valence-electron chi connectivity index (χ4n) is 3.66. The SMILES string of the molecule is O=S(=O)(Cc1cc(F)ccc1F)N1CC[C@@H](c2ccc3c(c2)CCO3)C1. The van der Waals surface area contributed by atoms with E-state index in [1.165, 1.54) is 4.31 Å². The summed E-state index contributed by atoms with van der Waals surface area (Å²) in [5, 5.41) is 0. The van der Waals surface area contributed by atoms with Crippen molar-refractivity contribution >= 4 is 10.0 Å². The van der Waals surface area contributed by atoms with Crippen LogP contribution < -0.4 is 4.74 Å². The zero-order valence-corrected chi connectivity index (χ0v) is 14.9. The van der Waals surface area contributed by atoms with E-state index >= 15 is 0 Å². The van der Waals surface area contributed by atoms with E-state index < -0.39 is 27.4 Å². The van der Waals surface area contributed by atoms with Crippen molar-refractivity contribution in [2.75, 3.05) is 19.7 Å². The summed E-state index contributed by atoms with van der Waals surface area (Å²) in [5.41, 5.74) is 2.12. The van der Waals surface area contributed by atoms with Gasteiger partial charge in [-0.3, -0.25) is 0 Å². The van der Waals surface area contributed by atoms with Gasteiger partial charge in [0.15, 0.2) is 0 Å². The van der Waals surface area contributed by atoms with Crippen molar-refractivity contribution in [1.29, 1.82) is 0 Å². The van der Waals surface area contributed by atoms with Crippen LogP contribution in [-0.2, 0) is 22.2 Å². The largest absolute Gasteiger partial charge is 0.493 e. The zero-order valence-electron chi connectivity index (χ0n) is 14.1. The van der Waals surface area contributed by atoms with Crippen LogP contribution in [0, 0.1) is 11.6 Å². The maximum Gasteiger partial charge on any atom is 0.218 e. The Bertz CT molecular complexity index is 946. The molecule has 0 spiro atoms. The maximum atomic E-state index is 13.8. The zero-order chi connectivity index (χ0) is 18.3. The molecule has 2 aliphatic rings. The number of nitrogens with zero attached hydrogens (tertiary/aromatic N) is 1. The Labute approximate surface area is 151 Å². The van der Waals surface area contributed by atoms with Gasteiger partial charge in [0.25, 0.3) is 0 Å². The molecule has 2 aromatic carbocycles. The molecular weight excluding hydrogens is 360 g/mol. The predicted octanol–water partition coefficient (Wildman–Crippen LogP) is 3.22. The van der Waals surface area contributed by atoms with Gasteiger partial charge < -0.3 is 4.74 Å². The summed E-state index contributed by atoms with van der Waals surface area (Å²) >= 11 is 0. The van der Waals surface area contributed by atoms with Crippen LogP contribution in [-0.4, -0.2) is 32.4 Å². The molecule has 0 saturated carbocycles. The lowest BCUT2D eigenvalue weighted by Crippen LogP contribution is -2.30. The van der Waals surface area contributed by atoms with Gasteiger partial charge in [-0.1, -0.05) is 12.1 Å². The van der Waals surface area contributed by atoms with E-state index in [1.807, 2.05) is 12.1 Å². The molecule has 1 atom stereocenters. The molecule has 1 saturated heterocycles. The number of rotatable bonds is 4. The molecule has 0 amide bonds. The van der Waals surface area contributed by atoms with Crippen LogP contribution >= 0.6 is 0 Å². The monoisotopic (exact) mass is 379 g/mol. The second-order valence-electron chi connectivity index (χ2n) is 6.80. The summed E-state index contributed by atoms with van der Waals surface area (Å²) in [7, 11) is -3.70. The Morgan fingerprint density at radius 2 is 2.00 bits per heavy atom. The normalized spacial score (nSPS) is 20.2. The van der Waals surface area contributed by atoms with Gasteiger partial charge in [0, 0.05) is 25.1 Å². The first-order valence-electron chi connectivity index (χ1n) is 8.60. The molecule has 0 bridgehead atoms. The topological polar surface area (TPSA) is 46.6 Å². The van der Waals surface area contributed by atoms with Gasteiger partial charge in [0.2, 0.25) is 10.0 Å². The number of fused-ring (bicyclic) bond motifs is 1. The molecule has 138 valence electrons. The second-order valence-corrected chi connectivity index (χ2v) is 8.77. The minimum Gasteiger partial charge on any atom is -0.493 e. The summed E-state index contributed by atoms with van der Waals surface area (Å²) in [6.07, 6.45) is 1.58. The van der Waals surface area contributed by atoms with Crippen LogP contribution in [0.25, 0.3) is 0 Å². The van der Waals surface area contributed by atoms with Crippen molar-refractivity contribution in [3.8, 4) is 5.75 Å². The number of ether oxygens (including phenoxy) is 1. The third-order valence-corrected chi connectivity index (χ3v) is 6.87. The molecule has 0 aliphatic carbocycles. The summed E-state index contributed by atoms with van der Waals surface area (Å²) in [6.45, 7) is 1.43. The number of benzene rings is 2. The number of sulfonamides is 1. The van der Waals surface area contributed by atoms with E-state index in [9.17, 15) is 17.2 Å². The van der Waals surface area contributed by atoms with Crippen molar-refractivity contribution in [2.24, 2.45) is 0 Å². The van der Waals surface area contributed by atoms with Gasteiger partial charge in [-0.2, -0.15) is 0 Å². The summed E-state index contributed by atoms with van der Waals surface area (Å²) < 4.78 is 59.3. The molecule has 2 heterocycles.